The third-order valence-electron chi connectivity index (χ3n) is 2.03. The lowest BCUT2D eigenvalue weighted by atomic mass is 10.1. The van der Waals surface area contributed by atoms with Crippen molar-refractivity contribution in [2.24, 2.45) is 5.11 Å². The Kier molecular flexibility index (Phi) is 4.84. The fraction of sp³-hybridized carbons (Fsp3) is 0.182. The summed E-state index contributed by atoms with van der Waals surface area (Å²) in [6.07, 6.45) is 3.58. The van der Waals surface area contributed by atoms with Crippen molar-refractivity contribution in [1.82, 2.24) is 0 Å². The first-order chi connectivity index (χ1) is 8.20. The van der Waals surface area contributed by atoms with E-state index < -0.39 is 17.2 Å². The van der Waals surface area contributed by atoms with Crippen LogP contribution in [0.4, 0.5) is 8.78 Å². The van der Waals surface area contributed by atoms with Gasteiger partial charge in [0.1, 0.15) is 11.6 Å². The number of nitrogens with zero attached hydrogens (tertiary/aromatic N) is 3. The van der Waals surface area contributed by atoms with Gasteiger partial charge in [-0.2, -0.15) is 0 Å². The molecule has 0 aromatic heterocycles. The molecule has 0 saturated heterocycles. The van der Waals surface area contributed by atoms with Crippen LogP contribution < -0.4 is 0 Å². The van der Waals surface area contributed by atoms with Crippen molar-refractivity contribution in [3.05, 3.63) is 51.4 Å². The Bertz CT molecular complexity index is 494. The number of aldehydes is 1. The van der Waals surface area contributed by atoms with Crippen LogP contribution in [0.2, 0.25) is 0 Å². The van der Waals surface area contributed by atoms with E-state index in [-0.39, 0.29) is 18.4 Å². The number of azide groups is 1. The van der Waals surface area contributed by atoms with E-state index in [1.54, 1.807) is 6.08 Å². The molecule has 88 valence electrons. The van der Waals surface area contributed by atoms with Gasteiger partial charge in [0.15, 0.2) is 6.29 Å². The second-order valence-electron chi connectivity index (χ2n) is 3.13. The van der Waals surface area contributed by atoms with Gasteiger partial charge in [0, 0.05) is 17.0 Å². The molecule has 1 aromatic carbocycles. The summed E-state index contributed by atoms with van der Waals surface area (Å²) in [6.45, 7) is 0.260. The Balaban J connectivity index is 2.85. The highest BCUT2D eigenvalue weighted by atomic mass is 19.1. The highest BCUT2D eigenvalue weighted by molar-refractivity contribution is 5.77. The molecule has 4 nitrogen and oxygen atoms in total. The summed E-state index contributed by atoms with van der Waals surface area (Å²) in [7, 11) is 0. The lowest BCUT2D eigenvalue weighted by Crippen LogP contribution is -1.96. The molecule has 0 aliphatic heterocycles. The lowest BCUT2D eigenvalue weighted by molar-refractivity contribution is 0.111. The zero-order valence-corrected chi connectivity index (χ0v) is 8.81. The summed E-state index contributed by atoms with van der Waals surface area (Å²) >= 11 is 0. The number of rotatable bonds is 5. The predicted octanol–water partition coefficient (Wildman–Crippen LogP) is 3.49. The molecule has 0 N–H and O–H groups in total. The van der Waals surface area contributed by atoms with Crippen molar-refractivity contribution in [2.75, 3.05) is 6.54 Å². The van der Waals surface area contributed by atoms with Crippen molar-refractivity contribution in [2.45, 2.75) is 6.42 Å². The molecule has 0 atom stereocenters. The highest BCUT2D eigenvalue weighted by Gasteiger charge is 2.10. The van der Waals surface area contributed by atoms with Crippen LogP contribution in [0, 0.1) is 11.6 Å². The van der Waals surface area contributed by atoms with Gasteiger partial charge in [0.05, 0.1) is 5.56 Å². The standard InChI is InChI=1S/C11H9F2N3O/c12-10-5-4-8(11(13)9(10)7-17)3-1-2-6-15-16-14/h1,3-5,7H,2,6H2. The molecule has 0 aliphatic rings. The minimum atomic E-state index is -0.889. The van der Waals surface area contributed by atoms with E-state index in [9.17, 15) is 13.6 Å². The predicted molar refractivity (Wildman–Crippen MR) is 59.4 cm³/mol. The topological polar surface area (TPSA) is 65.8 Å². The van der Waals surface area contributed by atoms with Gasteiger partial charge in [0.2, 0.25) is 0 Å². The highest BCUT2D eigenvalue weighted by Crippen LogP contribution is 2.16. The maximum absolute atomic E-state index is 13.5. The van der Waals surface area contributed by atoms with E-state index in [2.05, 4.69) is 10.0 Å². The average Bonchev–Trinajstić information content (AvgIpc) is 2.32. The summed E-state index contributed by atoms with van der Waals surface area (Å²) in [4.78, 5) is 13.0. The molecule has 0 unspecified atom stereocenters. The van der Waals surface area contributed by atoms with Gasteiger partial charge in [-0.1, -0.05) is 17.3 Å². The summed E-state index contributed by atoms with van der Waals surface area (Å²) in [5.41, 5.74) is 7.56. The summed E-state index contributed by atoms with van der Waals surface area (Å²) in [5.74, 6) is -1.77. The molecule has 0 radical (unpaired) electrons. The quantitative estimate of drug-likeness (QED) is 0.254. The van der Waals surface area contributed by atoms with Gasteiger partial charge in [-0.05, 0) is 24.1 Å². The smallest absolute Gasteiger partial charge is 0.155 e. The van der Waals surface area contributed by atoms with E-state index in [0.717, 1.165) is 6.07 Å². The van der Waals surface area contributed by atoms with E-state index in [1.807, 2.05) is 0 Å². The average molecular weight is 237 g/mol. The van der Waals surface area contributed by atoms with Gasteiger partial charge < -0.3 is 0 Å². The zero-order chi connectivity index (χ0) is 12.7. The first-order valence-corrected chi connectivity index (χ1v) is 4.81. The molecule has 0 heterocycles. The van der Waals surface area contributed by atoms with Crippen LogP contribution in [0.5, 0.6) is 0 Å². The van der Waals surface area contributed by atoms with Gasteiger partial charge in [-0.3, -0.25) is 4.79 Å². The van der Waals surface area contributed by atoms with Gasteiger partial charge in [-0.25, -0.2) is 8.78 Å². The number of carbonyl (C=O) groups is 1. The fourth-order valence-electron chi connectivity index (χ4n) is 1.21. The van der Waals surface area contributed by atoms with Crippen molar-refractivity contribution >= 4 is 12.4 Å². The molecule has 0 spiro atoms. The van der Waals surface area contributed by atoms with Crippen LogP contribution in [0.3, 0.4) is 0 Å². The second-order valence-corrected chi connectivity index (χ2v) is 3.13. The maximum Gasteiger partial charge on any atom is 0.155 e. The second kappa shape index (κ2) is 6.40. The van der Waals surface area contributed by atoms with Crippen molar-refractivity contribution in [3.63, 3.8) is 0 Å². The number of hydrogen-bond donors (Lipinski definition) is 0. The monoisotopic (exact) mass is 237 g/mol. The van der Waals surface area contributed by atoms with Gasteiger partial charge >= 0.3 is 0 Å². The third kappa shape index (κ3) is 3.39. The van der Waals surface area contributed by atoms with Crippen LogP contribution >= 0.6 is 0 Å². The number of benzene rings is 1. The minimum absolute atomic E-state index is 0.120. The van der Waals surface area contributed by atoms with Crippen LogP contribution in [0.15, 0.2) is 23.3 Å². The molecule has 0 aliphatic carbocycles. The van der Waals surface area contributed by atoms with Crippen molar-refractivity contribution in [3.8, 4) is 0 Å². The number of hydrogen-bond acceptors (Lipinski definition) is 2. The Labute approximate surface area is 96.2 Å². The lowest BCUT2D eigenvalue weighted by Gasteiger charge is -2.00. The van der Waals surface area contributed by atoms with Crippen LogP contribution in [0.25, 0.3) is 16.5 Å². The molecular formula is C11H9F2N3O. The van der Waals surface area contributed by atoms with Gasteiger partial charge in [0.25, 0.3) is 0 Å². The Hall–Kier alpha value is -2.20. The van der Waals surface area contributed by atoms with Crippen LogP contribution in [0.1, 0.15) is 22.3 Å². The molecule has 6 heteroatoms. The van der Waals surface area contributed by atoms with Crippen LogP contribution in [-0.2, 0) is 0 Å². The SMILES string of the molecule is [N-]=[N+]=NCCC=Cc1ccc(F)c(C=O)c1F. The Morgan fingerprint density at radius 1 is 1.41 bits per heavy atom. The van der Waals surface area contributed by atoms with E-state index in [1.165, 1.54) is 12.1 Å². The Morgan fingerprint density at radius 3 is 2.82 bits per heavy atom. The summed E-state index contributed by atoms with van der Waals surface area (Å²) in [6, 6.07) is 2.27. The molecule has 1 aromatic rings. The summed E-state index contributed by atoms with van der Waals surface area (Å²) < 4.78 is 26.5. The van der Waals surface area contributed by atoms with Crippen molar-refractivity contribution < 1.29 is 13.6 Å². The normalized spacial score (nSPS) is 10.2. The number of carbonyl (C=O) groups excluding carboxylic acids is 1. The molecule has 1 rings (SSSR count). The first-order valence-electron chi connectivity index (χ1n) is 4.81. The third-order valence-corrected chi connectivity index (χ3v) is 2.03. The van der Waals surface area contributed by atoms with E-state index in [4.69, 9.17) is 5.53 Å². The van der Waals surface area contributed by atoms with E-state index in [0.29, 0.717) is 6.42 Å². The van der Waals surface area contributed by atoms with E-state index >= 15 is 0 Å². The maximum atomic E-state index is 13.5. The first kappa shape index (κ1) is 12.9. The molecule has 0 bridgehead atoms. The summed E-state index contributed by atoms with van der Waals surface area (Å²) in [5, 5.41) is 3.29. The molecule has 17 heavy (non-hydrogen) atoms. The Morgan fingerprint density at radius 2 is 2.18 bits per heavy atom. The molecule has 0 amide bonds. The minimum Gasteiger partial charge on any atom is -0.298 e. The molecule has 0 fully saturated rings. The fourth-order valence-corrected chi connectivity index (χ4v) is 1.21. The van der Waals surface area contributed by atoms with Crippen LogP contribution in [-0.4, -0.2) is 12.8 Å². The van der Waals surface area contributed by atoms with Gasteiger partial charge in [-0.15, -0.1) is 0 Å². The number of halogens is 2. The van der Waals surface area contributed by atoms with Crippen molar-refractivity contribution in [1.29, 1.82) is 0 Å². The zero-order valence-electron chi connectivity index (χ0n) is 8.81. The largest absolute Gasteiger partial charge is 0.298 e. The molecular weight excluding hydrogens is 228 g/mol. The molecule has 0 saturated carbocycles.